The van der Waals surface area contributed by atoms with Crippen LogP contribution in [-0.4, -0.2) is 25.6 Å². The Balaban J connectivity index is 1.47. The van der Waals surface area contributed by atoms with Crippen molar-refractivity contribution in [3.05, 3.63) is 80.7 Å². The molecular formula is C32H36ClNO5S. The highest BCUT2D eigenvalue weighted by molar-refractivity contribution is 7.17. The summed E-state index contributed by atoms with van der Waals surface area (Å²) in [6, 6.07) is 12.9. The molecule has 1 heterocycles. The molecule has 0 radical (unpaired) electrons. The van der Waals surface area contributed by atoms with E-state index in [9.17, 15) is 9.59 Å². The standard InChI is InChI=1S/C32H36ClNO5S/c1-6-38-31(36)29-24-14-11-22(32(2,3)4)18-27(24)40-30(29)34-28(35)16-10-20-9-15-25(26(17-20)37-5)39-19-21-7-12-23(33)13-8-21/h7-10,12-13,15-17,22H,6,11,14,18-19H2,1-5H3,(H,34,35)/b16-10+. The molecule has 212 valence electrons. The number of benzene rings is 2. The van der Waals surface area contributed by atoms with Crippen molar-refractivity contribution in [1.29, 1.82) is 0 Å². The number of halogens is 1. The fourth-order valence-corrected chi connectivity index (χ4v) is 6.25. The number of carbonyl (C=O) groups is 2. The van der Waals surface area contributed by atoms with Gasteiger partial charge in [-0.25, -0.2) is 4.79 Å². The molecule has 0 saturated heterocycles. The average molecular weight is 582 g/mol. The minimum absolute atomic E-state index is 0.176. The molecule has 0 bridgehead atoms. The van der Waals surface area contributed by atoms with E-state index < -0.39 is 0 Å². The van der Waals surface area contributed by atoms with Gasteiger partial charge in [0.2, 0.25) is 5.91 Å². The van der Waals surface area contributed by atoms with Crippen LogP contribution in [0.2, 0.25) is 5.02 Å². The number of nitrogens with one attached hydrogen (secondary N) is 1. The number of hydrogen-bond acceptors (Lipinski definition) is 6. The van der Waals surface area contributed by atoms with E-state index in [2.05, 4.69) is 26.1 Å². The van der Waals surface area contributed by atoms with Crippen molar-refractivity contribution in [2.75, 3.05) is 19.0 Å². The first kappa shape index (κ1) is 29.7. The molecule has 40 heavy (non-hydrogen) atoms. The third-order valence-corrected chi connectivity index (χ3v) is 8.55. The van der Waals surface area contributed by atoms with Gasteiger partial charge in [-0.1, -0.05) is 50.6 Å². The lowest BCUT2D eigenvalue weighted by Crippen LogP contribution is -2.26. The molecule has 8 heteroatoms. The van der Waals surface area contributed by atoms with Crippen molar-refractivity contribution >= 4 is 45.9 Å². The zero-order valence-electron chi connectivity index (χ0n) is 23.6. The first-order chi connectivity index (χ1) is 19.1. The summed E-state index contributed by atoms with van der Waals surface area (Å²) >= 11 is 7.44. The van der Waals surface area contributed by atoms with Crippen molar-refractivity contribution in [3.63, 3.8) is 0 Å². The summed E-state index contributed by atoms with van der Waals surface area (Å²) in [6.45, 7) is 9.20. The number of methoxy groups -OCH3 is 1. The Morgan fingerprint density at radius 2 is 1.88 bits per heavy atom. The third-order valence-electron chi connectivity index (χ3n) is 7.13. The first-order valence-electron chi connectivity index (χ1n) is 13.4. The van der Waals surface area contributed by atoms with Crippen LogP contribution in [0.4, 0.5) is 5.00 Å². The summed E-state index contributed by atoms with van der Waals surface area (Å²) in [6.07, 6.45) is 5.87. The zero-order valence-corrected chi connectivity index (χ0v) is 25.2. The Hall–Kier alpha value is -3.29. The molecule has 1 N–H and O–H groups in total. The number of hydrogen-bond donors (Lipinski definition) is 1. The second kappa shape index (κ2) is 12.9. The molecule has 1 amide bonds. The van der Waals surface area contributed by atoms with Crippen LogP contribution >= 0.6 is 22.9 Å². The lowest BCUT2D eigenvalue weighted by atomic mass is 9.72. The summed E-state index contributed by atoms with van der Waals surface area (Å²) < 4.78 is 16.8. The van der Waals surface area contributed by atoms with Crippen LogP contribution in [0, 0.1) is 11.3 Å². The van der Waals surface area contributed by atoms with E-state index in [1.165, 1.54) is 17.4 Å². The number of rotatable bonds is 9. The molecule has 1 aliphatic carbocycles. The fourth-order valence-electron chi connectivity index (χ4n) is 4.81. The molecule has 1 aromatic heterocycles. The Morgan fingerprint density at radius 1 is 1.12 bits per heavy atom. The highest BCUT2D eigenvalue weighted by Crippen LogP contribution is 2.44. The first-order valence-corrected chi connectivity index (χ1v) is 14.6. The average Bonchev–Trinajstić information content (AvgIpc) is 3.28. The number of thiophene rings is 1. The van der Waals surface area contributed by atoms with Gasteiger partial charge in [0.1, 0.15) is 11.6 Å². The maximum Gasteiger partial charge on any atom is 0.341 e. The molecule has 4 rings (SSSR count). The van der Waals surface area contributed by atoms with E-state index in [1.54, 1.807) is 20.1 Å². The monoisotopic (exact) mass is 581 g/mol. The van der Waals surface area contributed by atoms with E-state index in [0.717, 1.165) is 40.8 Å². The van der Waals surface area contributed by atoms with E-state index in [1.807, 2.05) is 42.5 Å². The van der Waals surface area contributed by atoms with Gasteiger partial charge in [-0.15, -0.1) is 11.3 Å². The van der Waals surface area contributed by atoms with Crippen molar-refractivity contribution in [2.24, 2.45) is 11.3 Å². The van der Waals surface area contributed by atoms with E-state index in [0.29, 0.717) is 39.6 Å². The van der Waals surface area contributed by atoms with Crippen molar-refractivity contribution in [2.45, 2.75) is 53.6 Å². The van der Waals surface area contributed by atoms with Gasteiger partial charge >= 0.3 is 5.97 Å². The van der Waals surface area contributed by atoms with Gasteiger partial charge < -0.3 is 19.5 Å². The minimum atomic E-state index is -0.382. The van der Waals surface area contributed by atoms with Gasteiger partial charge in [0.05, 0.1) is 19.3 Å². The Bertz CT molecular complexity index is 1390. The molecule has 0 saturated carbocycles. The largest absolute Gasteiger partial charge is 0.493 e. The van der Waals surface area contributed by atoms with E-state index >= 15 is 0 Å². The predicted octanol–water partition coefficient (Wildman–Crippen LogP) is 7.97. The number of carbonyl (C=O) groups excluding carboxylic acids is 2. The highest BCUT2D eigenvalue weighted by Gasteiger charge is 2.34. The van der Waals surface area contributed by atoms with Crippen LogP contribution in [0.5, 0.6) is 11.5 Å². The molecule has 6 nitrogen and oxygen atoms in total. The van der Waals surface area contributed by atoms with Crippen LogP contribution in [0.25, 0.3) is 6.08 Å². The van der Waals surface area contributed by atoms with Gasteiger partial charge in [0.25, 0.3) is 0 Å². The SMILES string of the molecule is CCOC(=O)c1c(NC(=O)/C=C/c2ccc(OCc3ccc(Cl)cc3)c(OC)c2)sc2c1CCC(C(C)(C)C)C2. The van der Waals surface area contributed by atoms with Crippen molar-refractivity contribution < 1.29 is 23.8 Å². The molecule has 2 aromatic carbocycles. The Kier molecular flexibility index (Phi) is 9.59. The second-order valence-electron chi connectivity index (χ2n) is 10.9. The minimum Gasteiger partial charge on any atom is -0.493 e. The summed E-state index contributed by atoms with van der Waals surface area (Å²) in [5.41, 5.74) is 3.45. The maximum atomic E-state index is 13.0. The van der Waals surface area contributed by atoms with Crippen LogP contribution in [-0.2, 0) is 29.0 Å². The topological polar surface area (TPSA) is 73.9 Å². The molecule has 0 aliphatic heterocycles. The summed E-state index contributed by atoms with van der Waals surface area (Å²) in [5, 5.41) is 4.16. The van der Waals surface area contributed by atoms with Gasteiger partial charge in [0.15, 0.2) is 11.5 Å². The van der Waals surface area contributed by atoms with Crippen molar-refractivity contribution in [3.8, 4) is 11.5 Å². The lowest BCUT2D eigenvalue weighted by Gasteiger charge is -2.33. The number of ether oxygens (including phenoxy) is 3. The Labute approximate surface area is 245 Å². The van der Waals surface area contributed by atoms with Crippen molar-refractivity contribution in [1.82, 2.24) is 0 Å². The number of amides is 1. The van der Waals surface area contributed by atoms with Crippen LogP contribution in [0.1, 0.15) is 66.0 Å². The summed E-state index contributed by atoms with van der Waals surface area (Å²) in [7, 11) is 1.57. The highest BCUT2D eigenvalue weighted by atomic mass is 35.5. The quantitative estimate of drug-likeness (QED) is 0.205. The smallest absolute Gasteiger partial charge is 0.341 e. The maximum absolute atomic E-state index is 13.0. The fraction of sp³-hybridized carbons (Fsp3) is 0.375. The molecule has 3 aromatic rings. The summed E-state index contributed by atoms with van der Waals surface area (Å²) in [4.78, 5) is 27.0. The Morgan fingerprint density at radius 3 is 2.55 bits per heavy atom. The molecule has 1 atom stereocenters. The van der Waals surface area contributed by atoms with Gasteiger partial charge in [-0.3, -0.25) is 4.79 Å². The zero-order chi connectivity index (χ0) is 28.9. The number of anilines is 1. The molecular weight excluding hydrogens is 546 g/mol. The van der Waals surface area contributed by atoms with Crippen LogP contribution in [0.15, 0.2) is 48.5 Å². The lowest BCUT2D eigenvalue weighted by molar-refractivity contribution is -0.111. The van der Waals surface area contributed by atoms with E-state index in [-0.39, 0.29) is 23.9 Å². The number of esters is 1. The summed E-state index contributed by atoms with van der Waals surface area (Å²) in [5.74, 6) is 0.965. The van der Waals surface area contributed by atoms with Crippen LogP contribution in [0.3, 0.4) is 0 Å². The molecule has 1 aliphatic rings. The van der Waals surface area contributed by atoms with Gasteiger partial charge in [-0.2, -0.15) is 0 Å². The normalized spacial score (nSPS) is 15.0. The third kappa shape index (κ3) is 7.26. The second-order valence-corrected chi connectivity index (χ2v) is 12.4. The molecule has 0 fully saturated rings. The van der Waals surface area contributed by atoms with Gasteiger partial charge in [-0.05, 0) is 84.6 Å². The van der Waals surface area contributed by atoms with E-state index in [4.69, 9.17) is 25.8 Å². The van der Waals surface area contributed by atoms with Crippen LogP contribution < -0.4 is 14.8 Å². The molecule has 0 spiro atoms. The number of fused-ring (bicyclic) bond motifs is 1. The molecule has 1 unspecified atom stereocenters. The van der Waals surface area contributed by atoms with Gasteiger partial charge in [0, 0.05) is 16.0 Å². The predicted molar refractivity (Wildman–Crippen MR) is 162 cm³/mol.